The quantitative estimate of drug-likeness (QED) is 0.293. The maximum atomic E-state index is 5.75. The van der Waals surface area contributed by atoms with E-state index in [9.17, 15) is 0 Å². The van der Waals surface area contributed by atoms with Gasteiger partial charge in [-0.05, 0) is 40.8 Å². The van der Waals surface area contributed by atoms with Crippen LogP contribution in [-0.2, 0) is 12.8 Å². The zero-order chi connectivity index (χ0) is 25.7. The van der Waals surface area contributed by atoms with Crippen molar-refractivity contribution in [2.75, 3.05) is 42.7 Å². The van der Waals surface area contributed by atoms with Gasteiger partial charge in [0.15, 0.2) is 23.0 Å². The van der Waals surface area contributed by atoms with Crippen LogP contribution >= 0.6 is 0 Å². The molecule has 0 aliphatic heterocycles. The van der Waals surface area contributed by atoms with Crippen LogP contribution in [-0.4, -0.2) is 47.6 Å². The topological polar surface area (TPSA) is 68.3 Å². The number of hydrogen-bond donors (Lipinski definition) is 0. The zero-order valence-electron chi connectivity index (χ0n) is 21.5. The Kier molecular flexibility index (Phi) is 7.68. The predicted molar refractivity (Wildman–Crippen MR) is 140 cm³/mol. The molecule has 0 atom stereocenters. The first-order valence-corrected chi connectivity index (χ1v) is 11.5. The number of fused-ring (bicyclic) bond motifs is 1. The molecule has 0 radical (unpaired) electrons. The molecule has 7 nitrogen and oxygen atoms in total. The minimum Gasteiger partial charge on any atom is -0.493 e. The molecule has 1 heterocycles. The molecule has 0 N–H and O–H groups in total. The highest BCUT2D eigenvalue weighted by Crippen LogP contribution is 2.43. The number of ether oxygens (including phenoxy) is 6. The molecule has 4 aromatic rings. The Bertz CT molecular complexity index is 1260. The van der Waals surface area contributed by atoms with Crippen molar-refractivity contribution in [3.05, 3.63) is 77.1 Å². The molecule has 0 spiro atoms. The lowest BCUT2D eigenvalue weighted by molar-refractivity contribution is 0.322. The van der Waals surface area contributed by atoms with Crippen LogP contribution in [0.25, 0.3) is 10.8 Å². The van der Waals surface area contributed by atoms with Gasteiger partial charge in [0.1, 0.15) is 0 Å². The van der Waals surface area contributed by atoms with E-state index < -0.39 is 0 Å². The van der Waals surface area contributed by atoms with E-state index in [4.69, 9.17) is 28.4 Å². The smallest absolute Gasteiger partial charge is 0.203 e. The Morgan fingerprint density at radius 1 is 0.500 bits per heavy atom. The van der Waals surface area contributed by atoms with Crippen LogP contribution in [0.5, 0.6) is 34.5 Å². The number of rotatable bonds is 10. The van der Waals surface area contributed by atoms with Gasteiger partial charge >= 0.3 is 0 Å². The summed E-state index contributed by atoms with van der Waals surface area (Å²) in [5.74, 6) is 3.70. The first-order chi connectivity index (χ1) is 17.6. The average molecular weight is 490 g/mol. The Balaban J connectivity index is 1.85. The van der Waals surface area contributed by atoms with Crippen LogP contribution in [0.3, 0.4) is 0 Å². The first-order valence-electron chi connectivity index (χ1n) is 11.5. The normalized spacial score (nSPS) is 10.7. The summed E-state index contributed by atoms with van der Waals surface area (Å²) < 4.78 is 33.6. The molecular weight excluding hydrogens is 458 g/mol. The molecule has 0 fully saturated rings. The molecule has 188 valence electrons. The minimum atomic E-state index is 0.572. The van der Waals surface area contributed by atoms with Crippen LogP contribution in [0.2, 0.25) is 0 Å². The number of methoxy groups -OCH3 is 6. The lowest BCUT2D eigenvalue weighted by Crippen LogP contribution is -2.04. The Morgan fingerprint density at radius 2 is 0.972 bits per heavy atom. The van der Waals surface area contributed by atoms with Gasteiger partial charge in [0.25, 0.3) is 0 Å². The van der Waals surface area contributed by atoms with E-state index in [-0.39, 0.29) is 0 Å². The summed E-state index contributed by atoms with van der Waals surface area (Å²) >= 11 is 0. The molecule has 4 rings (SSSR count). The van der Waals surface area contributed by atoms with Crippen LogP contribution in [0.1, 0.15) is 22.3 Å². The Morgan fingerprint density at radius 3 is 1.42 bits per heavy atom. The summed E-state index contributed by atoms with van der Waals surface area (Å²) in [6.45, 7) is 0. The summed E-state index contributed by atoms with van der Waals surface area (Å²) in [4.78, 5) is 4.32. The predicted octanol–water partition coefficient (Wildman–Crippen LogP) is 5.47. The van der Waals surface area contributed by atoms with Gasteiger partial charge in [0.2, 0.25) is 11.5 Å². The highest BCUT2D eigenvalue weighted by Gasteiger charge is 2.20. The van der Waals surface area contributed by atoms with E-state index in [2.05, 4.69) is 17.1 Å². The number of hydrogen-bond acceptors (Lipinski definition) is 7. The minimum absolute atomic E-state index is 0.572. The van der Waals surface area contributed by atoms with Crippen LogP contribution in [0.15, 0.2) is 54.9 Å². The van der Waals surface area contributed by atoms with E-state index in [0.717, 1.165) is 33.0 Å². The summed E-state index contributed by atoms with van der Waals surface area (Å²) in [5.41, 5.74) is 4.26. The van der Waals surface area contributed by atoms with Crippen molar-refractivity contribution in [3.8, 4) is 34.5 Å². The molecule has 1 aromatic heterocycles. The first kappa shape index (κ1) is 25.0. The monoisotopic (exact) mass is 489 g/mol. The summed E-state index contributed by atoms with van der Waals surface area (Å²) in [6.07, 6.45) is 4.94. The molecule has 36 heavy (non-hydrogen) atoms. The van der Waals surface area contributed by atoms with Crippen molar-refractivity contribution in [3.63, 3.8) is 0 Å². The third kappa shape index (κ3) is 4.69. The van der Waals surface area contributed by atoms with E-state index in [1.807, 2.05) is 36.5 Å². The maximum Gasteiger partial charge on any atom is 0.203 e. The maximum absolute atomic E-state index is 5.75. The molecule has 0 saturated heterocycles. The van der Waals surface area contributed by atoms with Crippen molar-refractivity contribution in [2.45, 2.75) is 12.8 Å². The second-order valence-electron chi connectivity index (χ2n) is 8.18. The summed E-state index contributed by atoms with van der Waals surface area (Å²) in [5, 5.41) is 2.18. The summed E-state index contributed by atoms with van der Waals surface area (Å²) in [7, 11) is 9.73. The zero-order valence-corrected chi connectivity index (χ0v) is 21.5. The van der Waals surface area contributed by atoms with Crippen molar-refractivity contribution < 1.29 is 28.4 Å². The number of aromatic nitrogens is 1. The number of benzene rings is 3. The van der Waals surface area contributed by atoms with E-state index in [1.54, 1.807) is 48.9 Å². The van der Waals surface area contributed by atoms with Gasteiger partial charge < -0.3 is 28.4 Å². The van der Waals surface area contributed by atoms with Gasteiger partial charge in [-0.15, -0.1) is 0 Å². The SMILES string of the molecule is COc1ccc(Cc2cc3ccncc3cc2Cc2ccc(OC)c(OC)c2OC)c(OC)c1OC. The fourth-order valence-electron chi connectivity index (χ4n) is 4.57. The van der Waals surface area contributed by atoms with Gasteiger partial charge in [0, 0.05) is 41.7 Å². The largest absolute Gasteiger partial charge is 0.493 e. The van der Waals surface area contributed by atoms with Crippen molar-refractivity contribution >= 4 is 10.8 Å². The highest BCUT2D eigenvalue weighted by molar-refractivity contribution is 5.83. The molecule has 7 heteroatoms. The van der Waals surface area contributed by atoms with E-state index in [1.165, 1.54) is 0 Å². The van der Waals surface area contributed by atoms with Crippen molar-refractivity contribution in [2.24, 2.45) is 0 Å². The highest BCUT2D eigenvalue weighted by atomic mass is 16.5. The fourth-order valence-corrected chi connectivity index (χ4v) is 4.57. The molecule has 0 saturated carbocycles. The van der Waals surface area contributed by atoms with Gasteiger partial charge in [0.05, 0.1) is 42.7 Å². The number of pyridine rings is 1. The molecule has 0 aliphatic carbocycles. The molecular formula is C29H31NO6. The van der Waals surface area contributed by atoms with Gasteiger partial charge in [-0.1, -0.05) is 18.2 Å². The number of nitrogens with zero attached hydrogens (tertiary/aromatic N) is 1. The second-order valence-corrected chi connectivity index (χ2v) is 8.18. The molecule has 0 aliphatic rings. The molecule has 0 bridgehead atoms. The molecule has 0 unspecified atom stereocenters. The van der Waals surface area contributed by atoms with Gasteiger partial charge in [-0.2, -0.15) is 0 Å². The van der Waals surface area contributed by atoms with Gasteiger partial charge in [-0.3, -0.25) is 4.98 Å². The average Bonchev–Trinajstić information content (AvgIpc) is 2.92. The van der Waals surface area contributed by atoms with E-state index >= 15 is 0 Å². The van der Waals surface area contributed by atoms with Crippen LogP contribution in [0, 0.1) is 0 Å². The molecule has 3 aromatic carbocycles. The Hall–Kier alpha value is -4.13. The van der Waals surface area contributed by atoms with Crippen molar-refractivity contribution in [1.82, 2.24) is 4.98 Å². The molecule has 0 amide bonds. The van der Waals surface area contributed by atoms with Crippen molar-refractivity contribution in [1.29, 1.82) is 0 Å². The standard InChI is InChI=1S/C29H31NO6/c1-31-24-9-7-19(26(33-3)28(24)35-5)14-21-13-18-11-12-30-17-23(18)16-22(21)15-20-8-10-25(32-2)29(36-6)27(20)34-4/h7-13,16-17H,14-15H2,1-6H3. The lowest BCUT2D eigenvalue weighted by Gasteiger charge is -2.19. The Labute approximate surface area is 211 Å². The van der Waals surface area contributed by atoms with Gasteiger partial charge in [-0.25, -0.2) is 0 Å². The third-order valence-electron chi connectivity index (χ3n) is 6.29. The van der Waals surface area contributed by atoms with Crippen LogP contribution in [0.4, 0.5) is 0 Å². The second kappa shape index (κ2) is 11.1. The van der Waals surface area contributed by atoms with E-state index in [0.29, 0.717) is 47.3 Å². The third-order valence-corrected chi connectivity index (χ3v) is 6.29. The lowest BCUT2D eigenvalue weighted by atomic mass is 9.92. The summed E-state index contributed by atoms with van der Waals surface area (Å²) in [6, 6.07) is 14.2. The van der Waals surface area contributed by atoms with Crippen LogP contribution < -0.4 is 28.4 Å². The fraction of sp³-hybridized carbons (Fsp3) is 0.276.